The Morgan fingerprint density at radius 3 is 2.21 bits per heavy atom. The van der Waals surface area contributed by atoms with Gasteiger partial charge in [-0.15, -0.1) is 10.2 Å². The maximum Gasteiger partial charge on any atom is 0.281 e. The lowest BCUT2D eigenvalue weighted by atomic mass is 9.86. The highest BCUT2D eigenvalue weighted by atomic mass is 35.5. The molecule has 0 saturated heterocycles. The number of ether oxygens (including phenoxy) is 2. The van der Waals surface area contributed by atoms with E-state index in [-0.39, 0.29) is 5.41 Å². The molecular formula is C18H25ClN2O2Si. The van der Waals surface area contributed by atoms with Crippen molar-refractivity contribution in [3.63, 3.8) is 0 Å². The third kappa shape index (κ3) is 3.90. The van der Waals surface area contributed by atoms with Crippen molar-refractivity contribution in [1.82, 2.24) is 10.2 Å². The number of methoxy groups -OCH3 is 1. The zero-order valence-electron chi connectivity index (χ0n) is 15.4. The Bertz CT molecular complexity index is 737. The van der Waals surface area contributed by atoms with E-state index < -0.39 is 8.07 Å². The molecule has 1 aromatic carbocycles. The van der Waals surface area contributed by atoms with Crippen LogP contribution in [0, 0.1) is 0 Å². The average molecular weight is 365 g/mol. The zero-order valence-corrected chi connectivity index (χ0v) is 17.2. The zero-order chi connectivity index (χ0) is 18.1. The van der Waals surface area contributed by atoms with Crippen LogP contribution in [0.3, 0.4) is 0 Å². The fourth-order valence-corrected chi connectivity index (χ4v) is 5.10. The van der Waals surface area contributed by atoms with E-state index in [0.29, 0.717) is 16.8 Å². The van der Waals surface area contributed by atoms with Crippen LogP contribution in [0.2, 0.25) is 24.8 Å². The number of benzene rings is 1. The van der Waals surface area contributed by atoms with Crippen LogP contribution >= 0.6 is 11.6 Å². The summed E-state index contributed by atoms with van der Waals surface area (Å²) in [6.07, 6.45) is 0. The standard InChI is InChI=1S/C18H25ClN2O2Si/c1-18(2,3)12-10-8-9-11-13(12)23-17-14(22-4)15(24(5,6)7)16(19)20-21-17/h8-11H,1-7H3. The van der Waals surface area contributed by atoms with Gasteiger partial charge in [-0.2, -0.15) is 0 Å². The molecule has 0 fully saturated rings. The number of rotatable bonds is 4. The van der Waals surface area contributed by atoms with E-state index in [1.165, 1.54) is 0 Å². The molecule has 0 radical (unpaired) electrons. The summed E-state index contributed by atoms with van der Waals surface area (Å²) in [6, 6.07) is 7.95. The minimum atomic E-state index is -1.78. The largest absolute Gasteiger partial charge is 0.491 e. The summed E-state index contributed by atoms with van der Waals surface area (Å²) >= 11 is 6.30. The Morgan fingerprint density at radius 2 is 1.67 bits per heavy atom. The summed E-state index contributed by atoms with van der Waals surface area (Å²) < 4.78 is 11.7. The Morgan fingerprint density at radius 1 is 1.04 bits per heavy atom. The van der Waals surface area contributed by atoms with Crippen LogP contribution in [0.1, 0.15) is 26.3 Å². The van der Waals surface area contributed by atoms with Gasteiger partial charge in [0.25, 0.3) is 5.88 Å². The van der Waals surface area contributed by atoms with Crippen molar-refractivity contribution in [1.29, 1.82) is 0 Å². The van der Waals surface area contributed by atoms with Crippen LogP contribution in [0.15, 0.2) is 24.3 Å². The van der Waals surface area contributed by atoms with Crippen LogP contribution in [-0.2, 0) is 5.41 Å². The summed E-state index contributed by atoms with van der Waals surface area (Å²) in [7, 11) is -0.171. The average Bonchev–Trinajstić information content (AvgIpc) is 2.46. The first kappa shape index (κ1) is 18.7. The number of halogens is 1. The summed E-state index contributed by atoms with van der Waals surface area (Å²) in [5, 5.41) is 9.53. The highest BCUT2D eigenvalue weighted by Gasteiger charge is 2.30. The Balaban J connectivity index is 2.57. The Kier molecular flexibility index (Phi) is 5.25. The second-order valence-corrected chi connectivity index (χ2v) is 13.2. The highest BCUT2D eigenvalue weighted by Crippen LogP contribution is 2.36. The normalized spacial score (nSPS) is 12.2. The number of hydrogen-bond acceptors (Lipinski definition) is 4. The van der Waals surface area contributed by atoms with Crippen molar-refractivity contribution >= 4 is 24.9 Å². The topological polar surface area (TPSA) is 44.2 Å². The Labute approximate surface area is 150 Å². The van der Waals surface area contributed by atoms with E-state index in [1.54, 1.807) is 7.11 Å². The first-order chi connectivity index (χ1) is 11.1. The molecule has 6 heteroatoms. The first-order valence-electron chi connectivity index (χ1n) is 7.93. The lowest BCUT2D eigenvalue weighted by Gasteiger charge is -2.24. The van der Waals surface area contributed by atoms with Gasteiger partial charge in [-0.1, -0.05) is 70.2 Å². The molecule has 0 aliphatic rings. The van der Waals surface area contributed by atoms with Gasteiger partial charge in [0.2, 0.25) is 0 Å². The van der Waals surface area contributed by atoms with Crippen LogP contribution in [0.25, 0.3) is 0 Å². The molecule has 4 nitrogen and oxygen atoms in total. The summed E-state index contributed by atoms with van der Waals surface area (Å²) in [5.41, 5.74) is 1.05. The fraction of sp³-hybridized carbons (Fsp3) is 0.444. The maximum atomic E-state index is 6.30. The summed E-state index contributed by atoms with van der Waals surface area (Å²) in [4.78, 5) is 0. The quantitative estimate of drug-likeness (QED) is 0.732. The molecule has 0 aliphatic heterocycles. The van der Waals surface area contributed by atoms with Gasteiger partial charge in [0, 0.05) is 10.8 Å². The van der Waals surface area contributed by atoms with Gasteiger partial charge >= 0.3 is 0 Å². The lowest BCUT2D eigenvalue weighted by Crippen LogP contribution is -2.40. The molecule has 0 saturated carbocycles. The van der Waals surface area contributed by atoms with Gasteiger partial charge in [-0.3, -0.25) is 0 Å². The number of nitrogens with zero attached hydrogens (tertiary/aromatic N) is 2. The maximum absolute atomic E-state index is 6.30. The van der Waals surface area contributed by atoms with E-state index in [2.05, 4.69) is 56.7 Å². The second kappa shape index (κ2) is 6.73. The van der Waals surface area contributed by atoms with Gasteiger partial charge in [0.15, 0.2) is 10.9 Å². The molecule has 1 heterocycles. The smallest absolute Gasteiger partial charge is 0.281 e. The predicted octanol–water partition coefficient (Wildman–Crippen LogP) is 4.77. The molecule has 24 heavy (non-hydrogen) atoms. The van der Waals surface area contributed by atoms with Crippen molar-refractivity contribution in [2.24, 2.45) is 0 Å². The molecular weight excluding hydrogens is 340 g/mol. The minimum Gasteiger partial charge on any atom is -0.491 e. The molecule has 2 rings (SSSR count). The van der Waals surface area contributed by atoms with Crippen LogP contribution in [0.5, 0.6) is 17.4 Å². The summed E-state index contributed by atoms with van der Waals surface area (Å²) in [5.74, 6) is 1.69. The molecule has 0 unspecified atom stereocenters. The fourth-order valence-electron chi connectivity index (χ4n) is 2.57. The second-order valence-electron chi connectivity index (χ2n) is 7.80. The third-order valence-corrected chi connectivity index (χ3v) is 6.10. The van der Waals surface area contributed by atoms with Crippen molar-refractivity contribution in [3.8, 4) is 17.4 Å². The molecule has 0 spiro atoms. The van der Waals surface area contributed by atoms with E-state index >= 15 is 0 Å². The Hall–Kier alpha value is -1.59. The summed E-state index contributed by atoms with van der Waals surface area (Å²) in [6.45, 7) is 13.0. The molecule has 1 aromatic heterocycles. The molecule has 0 N–H and O–H groups in total. The molecule has 0 amide bonds. The predicted molar refractivity (Wildman–Crippen MR) is 102 cm³/mol. The highest BCUT2D eigenvalue weighted by molar-refractivity contribution is 6.90. The van der Waals surface area contributed by atoms with E-state index in [4.69, 9.17) is 21.1 Å². The molecule has 130 valence electrons. The third-order valence-electron chi connectivity index (χ3n) is 3.71. The SMILES string of the molecule is COc1c(Oc2ccccc2C(C)(C)C)nnc(Cl)c1[Si](C)(C)C. The molecule has 0 aliphatic carbocycles. The van der Waals surface area contributed by atoms with Gasteiger partial charge in [0.1, 0.15) is 5.75 Å². The van der Waals surface area contributed by atoms with Crippen molar-refractivity contribution in [3.05, 3.63) is 35.0 Å². The number of aromatic nitrogens is 2. The number of hydrogen-bond donors (Lipinski definition) is 0. The van der Waals surface area contributed by atoms with Crippen LogP contribution < -0.4 is 14.7 Å². The van der Waals surface area contributed by atoms with E-state index in [0.717, 1.165) is 16.5 Å². The number of para-hydroxylation sites is 1. The van der Waals surface area contributed by atoms with Gasteiger partial charge in [0.05, 0.1) is 15.2 Å². The van der Waals surface area contributed by atoms with Crippen molar-refractivity contribution < 1.29 is 9.47 Å². The lowest BCUT2D eigenvalue weighted by molar-refractivity contribution is 0.363. The van der Waals surface area contributed by atoms with Gasteiger partial charge in [-0.25, -0.2) is 0 Å². The van der Waals surface area contributed by atoms with E-state index in [1.807, 2.05) is 18.2 Å². The van der Waals surface area contributed by atoms with E-state index in [9.17, 15) is 0 Å². The molecule has 0 bridgehead atoms. The molecule has 0 atom stereocenters. The van der Waals surface area contributed by atoms with Crippen LogP contribution in [-0.4, -0.2) is 25.4 Å². The minimum absolute atomic E-state index is 0.0503. The first-order valence-corrected chi connectivity index (χ1v) is 11.8. The monoisotopic (exact) mass is 364 g/mol. The van der Waals surface area contributed by atoms with Gasteiger partial charge in [-0.05, 0) is 11.5 Å². The van der Waals surface area contributed by atoms with Gasteiger partial charge < -0.3 is 9.47 Å². The van der Waals surface area contributed by atoms with Crippen molar-refractivity contribution in [2.75, 3.05) is 7.11 Å². The van der Waals surface area contributed by atoms with Crippen LogP contribution in [0.4, 0.5) is 0 Å². The molecule has 2 aromatic rings. The van der Waals surface area contributed by atoms with Crippen molar-refractivity contribution in [2.45, 2.75) is 45.8 Å².